The molecule has 0 aliphatic rings. The van der Waals surface area contributed by atoms with Gasteiger partial charge in [0, 0.05) is 6.07 Å². The molecule has 0 fully saturated rings. The summed E-state index contributed by atoms with van der Waals surface area (Å²) >= 11 is 17.8. The fourth-order valence-electron chi connectivity index (χ4n) is 2.02. The summed E-state index contributed by atoms with van der Waals surface area (Å²) in [5, 5.41) is 1.09. The Morgan fingerprint density at radius 2 is 1.70 bits per heavy atom. The van der Waals surface area contributed by atoms with Crippen molar-refractivity contribution >= 4 is 40.8 Å². The molecule has 23 heavy (non-hydrogen) atoms. The van der Waals surface area contributed by atoms with E-state index < -0.39 is 5.41 Å². The fraction of sp³-hybridized carbons (Fsp3) is 0.588. The predicted molar refractivity (Wildman–Crippen MR) is 95.8 cm³/mol. The Bertz CT molecular complexity index is 530. The van der Waals surface area contributed by atoms with Crippen LogP contribution in [-0.4, -0.2) is 19.2 Å². The van der Waals surface area contributed by atoms with Crippen LogP contribution in [0.5, 0.6) is 5.75 Å². The summed E-state index contributed by atoms with van der Waals surface area (Å²) in [5.74, 6) is 0.205. The van der Waals surface area contributed by atoms with E-state index in [4.69, 9.17) is 44.3 Å². The van der Waals surface area contributed by atoms with Crippen molar-refractivity contribution in [1.82, 2.24) is 0 Å². The zero-order valence-corrected chi connectivity index (χ0v) is 16.0. The number of hydrogen-bond acceptors (Lipinski definition) is 3. The van der Waals surface area contributed by atoms with Crippen LogP contribution in [0.4, 0.5) is 0 Å². The first-order valence-corrected chi connectivity index (χ1v) is 8.86. The lowest BCUT2D eigenvalue weighted by atomic mass is 9.87. The Hall–Kier alpha value is -0.640. The van der Waals surface area contributed by atoms with Gasteiger partial charge in [-0.3, -0.25) is 4.79 Å². The van der Waals surface area contributed by atoms with Crippen LogP contribution in [0, 0.1) is 5.41 Å². The molecule has 0 aliphatic carbocycles. The van der Waals surface area contributed by atoms with Crippen LogP contribution in [0.3, 0.4) is 0 Å². The van der Waals surface area contributed by atoms with Crippen LogP contribution >= 0.6 is 34.8 Å². The number of unbranched alkanes of at least 4 members (excludes halogenated alkanes) is 2. The second kappa shape index (κ2) is 9.61. The highest BCUT2D eigenvalue weighted by atomic mass is 35.5. The van der Waals surface area contributed by atoms with E-state index in [1.165, 1.54) is 6.07 Å². The Morgan fingerprint density at radius 3 is 2.35 bits per heavy atom. The number of halogens is 3. The van der Waals surface area contributed by atoms with Gasteiger partial charge in [-0.2, -0.15) is 0 Å². The third-order valence-electron chi connectivity index (χ3n) is 3.51. The van der Waals surface area contributed by atoms with Crippen molar-refractivity contribution in [2.75, 3.05) is 13.2 Å². The van der Waals surface area contributed by atoms with Gasteiger partial charge in [-0.05, 0) is 26.3 Å². The zero-order valence-electron chi connectivity index (χ0n) is 13.8. The maximum Gasteiger partial charge on any atom is 0.311 e. The molecule has 0 heterocycles. The molecule has 130 valence electrons. The largest absolute Gasteiger partial charge is 0.488 e. The van der Waals surface area contributed by atoms with E-state index in [-0.39, 0.29) is 19.2 Å². The predicted octanol–water partition coefficient (Wildman–Crippen LogP) is 6.18. The van der Waals surface area contributed by atoms with Gasteiger partial charge in [0.15, 0.2) is 0 Å². The molecule has 0 saturated heterocycles. The zero-order chi connectivity index (χ0) is 17.5. The molecule has 0 amide bonds. The van der Waals surface area contributed by atoms with Crippen molar-refractivity contribution in [1.29, 1.82) is 0 Å². The lowest BCUT2D eigenvalue weighted by Crippen LogP contribution is -2.28. The monoisotopic (exact) mass is 380 g/mol. The average molecular weight is 382 g/mol. The van der Waals surface area contributed by atoms with Gasteiger partial charge in [0.1, 0.15) is 19.0 Å². The van der Waals surface area contributed by atoms with Crippen LogP contribution < -0.4 is 4.74 Å². The van der Waals surface area contributed by atoms with Gasteiger partial charge < -0.3 is 9.47 Å². The minimum atomic E-state index is -0.476. The molecular formula is C17H23Cl3O3. The average Bonchev–Trinajstić information content (AvgIpc) is 2.48. The van der Waals surface area contributed by atoms with Crippen LogP contribution in [0.15, 0.2) is 12.1 Å². The molecule has 3 nitrogen and oxygen atoms in total. The molecule has 6 heteroatoms. The molecule has 0 aliphatic heterocycles. The summed E-state index contributed by atoms with van der Waals surface area (Å²) in [7, 11) is 0. The summed E-state index contributed by atoms with van der Waals surface area (Å²) in [6.07, 6.45) is 4.09. The maximum atomic E-state index is 12.1. The normalized spacial score (nSPS) is 11.4. The molecule has 0 spiro atoms. The van der Waals surface area contributed by atoms with Gasteiger partial charge in [-0.1, -0.05) is 61.0 Å². The Labute approximate surface area is 153 Å². The number of esters is 1. The number of hydrogen-bond donors (Lipinski definition) is 0. The summed E-state index contributed by atoms with van der Waals surface area (Å²) in [5.41, 5.74) is -0.476. The highest BCUT2D eigenvalue weighted by Gasteiger charge is 2.28. The number of carbonyl (C=O) groups excluding carboxylic acids is 1. The maximum absolute atomic E-state index is 12.1. The smallest absolute Gasteiger partial charge is 0.311 e. The molecule has 0 saturated carbocycles. The van der Waals surface area contributed by atoms with Crippen LogP contribution in [0.2, 0.25) is 15.1 Å². The Morgan fingerprint density at radius 1 is 1.04 bits per heavy atom. The molecule has 0 atom stereocenters. The molecular weight excluding hydrogens is 359 g/mol. The molecule has 0 N–H and O–H groups in total. The van der Waals surface area contributed by atoms with E-state index in [1.54, 1.807) is 6.07 Å². The Kier molecular flexibility index (Phi) is 8.52. The van der Waals surface area contributed by atoms with E-state index in [0.29, 0.717) is 20.8 Å². The SMILES string of the molecule is CCCCCC(C)(C)C(=O)OCCOc1cc(Cl)c(Cl)cc1Cl. The minimum Gasteiger partial charge on any atom is -0.488 e. The van der Waals surface area contributed by atoms with E-state index in [1.807, 2.05) is 13.8 Å². The van der Waals surface area contributed by atoms with Crippen molar-refractivity contribution in [3.05, 3.63) is 27.2 Å². The van der Waals surface area contributed by atoms with E-state index in [0.717, 1.165) is 25.7 Å². The summed E-state index contributed by atoms with van der Waals surface area (Å²) in [4.78, 5) is 12.1. The quantitative estimate of drug-likeness (QED) is 0.291. The standard InChI is InChI=1S/C17H23Cl3O3/c1-4-5-6-7-17(2,3)16(21)23-9-8-22-15-11-13(19)12(18)10-14(15)20/h10-11H,4-9H2,1-3H3. The van der Waals surface area contributed by atoms with E-state index in [2.05, 4.69) is 6.92 Å². The van der Waals surface area contributed by atoms with Gasteiger partial charge >= 0.3 is 5.97 Å². The van der Waals surface area contributed by atoms with Gasteiger partial charge in [0.05, 0.1) is 20.5 Å². The first kappa shape index (κ1) is 20.4. The van der Waals surface area contributed by atoms with Crippen molar-refractivity contribution in [3.63, 3.8) is 0 Å². The van der Waals surface area contributed by atoms with Crippen LogP contribution in [0.1, 0.15) is 46.5 Å². The van der Waals surface area contributed by atoms with Gasteiger partial charge in [-0.15, -0.1) is 0 Å². The molecule has 0 bridgehead atoms. The van der Waals surface area contributed by atoms with Gasteiger partial charge in [-0.25, -0.2) is 0 Å². The fourth-order valence-corrected chi connectivity index (χ4v) is 2.61. The molecule has 0 aromatic heterocycles. The van der Waals surface area contributed by atoms with Crippen molar-refractivity contribution in [3.8, 4) is 5.75 Å². The highest BCUT2D eigenvalue weighted by Crippen LogP contribution is 2.33. The molecule has 1 aromatic carbocycles. The third kappa shape index (κ3) is 6.78. The third-order valence-corrected chi connectivity index (χ3v) is 4.52. The second-order valence-corrected chi connectivity index (χ2v) is 7.24. The van der Waals surface area contributed by atoms with Crippen molar-refractivity contribution in [2.45, 2.75) is 46.5 Å². The van der Waals surface area contributed by atoms with Gasteiger partial charge in [0.25, 0.3) is 0 Å². The first-order valence-electron chi connectivity index (χ1n) is 7.72. The molecule has 0 unspecified atom stereocenters. The Balaban J connectivity index is 2.39. The minimum absolute atomic E-state index is 0.159. The van der Waals surface area contributed by atoms with Crippen LogP contribution in [-0.2, 0) is 9.53 Å². The number of benzene rings is 1. The molecule has 0 radical (unpaired) electrons. The number of rotatable bonds is 9. The van der Waals surface area contributed by atoms with Gasteiger partial charge in [0.2, 0.25) is 0 Å². The summed E-state index contributed by atoms with van der Waals surface area (Å²) in [6.45, 7) is 6.31. The van der Waals surface area contributed by atoms with Crippen molar-refractivity contribution < 1.29 is 14.3 Å². The molecule has 1 rings (SSSR count). The first-order chi connectivity index (χ1) is 10.8. The van der Waals surface area contributed by atoms with Crippen LogP contribution in [0.25, 0.3) is 0 Å². The summed E-state index contributed by atoms with van der Waals surface area (Å²) < 4.78 is 10.8. The van der Waals surface area contributed by atoms with Crippen molar-refractivity contribution in [2.24, 2.45) is 5.41 Å². The second-order valence-electron chi connectivity index (χ2n) is 6.02. The lowest BCUT2D eigenvalue weighted by molar-refractivity contribution is -0.155. The number of carbonyl (C=O) groups is 1. The topological polar surface area (TPSA) is 35.5 Å². The number of ether oxygens (including phenoxy) is 2. The van der Waals surface area contributed by atoms with E-state index >= 15 is 0 Å². The molecule has 1 aromatic rings. The highest BCUT2D eigenvalue weighted by molar-refractivity contribution is 6.43. The summed E-state index contributed by atoms with van der Waals surface area (Å²) in [6, 6.07) is 3.06. The lowest BCUT2D eigenvalue weighted by Gasteiger charge is -2.22. The van der Waals surface area contributed by atoms with E-state index in [9.17, 15) is 4.79 Å².